The Morgan fingerprint density at radius 3 is 2.94 bits per heavy atom. The van der Waals surface area contributed by atoms with Crippen LogP contribution in [-0.2, 0) is 0 Å². The first-order chi connectivity index (χ1) is 8.15. The van der Waals surface area contributed by atoms with Crippen LogP contribution in [0.5, 0.6) is 5.75 Å². The molecule has 0 aliphatic carbocycles. The van der Waals surface area contributed by atoms with Crippen molar-refractivity contribution in [3.8, 4) is 5.75 Å². The Labute approximate surface area is 95.2 Å². The zero-order valence-corrected chi connectivity index (χ0v) is 8.97. The van der Waals surface area contributed by atoms with Crippen molar-refractivity contribution >= 4 is 16.6 Å². The standard InChI is InChI=1S/C10H9N3O4/c1-2-17-7-4-3-6(13(15)16)9-8(7)10(14)12-5-11-9/h3-5H,2H2,1H3,(H,11,12,14). The number of ether oxygens (including phenoxy) is 1. The first-order valence-corrected chi connectivity index (χ1v) is 4.92. The van der Waals surface area contributed by atoms with E-state index < -0.39 is 10.5 Å². The van der Waals surface area contributed by atoms with Crippen molar-refractivity contribution in [3.05, 3.63) is 38.9 Å². The molecule has 17 heavy (non-hydrogen) atoms. The average Bonchev–Trinajstić information content (AvgIpc) is 2.29. The smallest absolute Gasteiger partial charge is 0.295 e. The van der Waals surface area contributed by atoms with Crippen molar-refractivity contribution < 1.29 is 9.66 Å². The van der Waals surface area contributed by atoms with Gasteiger partial charge in [0.1, 0.15) is 11.1 Å². The van der Waals surface area contributed by atoms with Crippen molar-refractivity contribution in [1.82, 2.24) is 9.97 Å². The van der Waals surface area contributed by atoms with E-state index >= 15 is 0 Å². The van der Waals surface area contributed by atoms with E-state index in [1.807, 2.05) is 0 Å². The summed E-state index contributed by atoms with van der Waals surface area (Å²) in [4.78, 5) is 28.1. The van der Waals surface area contributed by atoms with E-state index in [0.29, 0.717) is 12.4 Å². The van der Waals surface area contributed by atoms with Gasteiger partial charge < -0.3 is 9.72 Å². The molecule has 1 aromatic heterocycles. The van der Waals surface area contributed by atoms with Crippen LogP contribution >= 0.6 is 0 Å². The average molecular weight is 235 g/mol. The lowest BCUT2D eigenvalue weighted by molar-refractivity contribution is -0.383. The van der Waals surface area contributed by atoms with Crippen LogP contribution in [0.25, 0.3) is 10.9 Å². The monoisotopic (exact) mass is 235 g/mol. The van der Waals surface area contributed by atoms with E-state index in [-0.39, 0.29) is 16.6 Å². The number of nitrogens with zero attached hydrogens (tertiary/aromatic N) is 2. The van der Waals surface area contributed by atoms with Crippen LogP contribution < -0.4 is 10.3 Å². The van der Waals surface area contributed by atoms with Gasteiger partial charge in [-0.25, -0.2) is 4.98 Å². The van der Waals surface area contributed by atoms with E-state index in [1.54, 1.807) is 6.92 Å². The maximum absolute atomic E-state index is 11.7. The number of aromatic nitrogens is 2. The Bertz CT molecular complexity index is 635. The lowest BCUT2D eigenvalue weighted by Gasteiger charge is -2.05. The molecule has 7 nitrogen and oxygen atoms in total. The summed E-state index contributed by atoms with van der Waals surface area (Å²) in [7, 11) is 0. The second-order valence-electron chi connectivity index (χ2n) is 3.23. The van der Waals surface area contributed by atoms with E-state index in [2.05, 4.69) is 9.97 Å². The summed E-state index contributed by atoms with van der Waals surface area (Å²) in [6, 6.07) is 2.68. The number of non-ortho nitro benzene ring substituents is 1. The number of nitro benzene ring substituents is 1. The number of nitro groups is 1. The molecule has 2 aromatic rings. The molecule has 2 rings (SSSR count). The molecule has 0 saturated carbocycles. The summed E-state index contributed by atoms with van der Waals surface area (Å²) in [6.07, 6.45) is 1.13. The summed E-state index contributed by atoms with van der Waals surface area (Å²) in [5, 5.41) is 10.9. The normalized spacial score (nSPS) is 10.4. The predicted molar refractivity (Wildman–Crippen MR) is 60.2 cm³/mol. The molecule has 1 aromatic carbocycles. The maximum atomic E-state index is 11.7. The zero-order valence-electron chi connectivity index (χ0n) is 8.97. The molecule has 0 spiro atoms. The lowest BCUT2D eigenvalue weighted by Crippen LogP contribution is -2.09. The van der Waals surface area contributed by atoms with Gasteiger partial charge in [0.15, 0.2) is 5.52 Å². The number of hydrogen-bond donors (Lipinski definition) is 1. The second kappa shape index (κ2) is 4.20. The summed E-state index contributed by atoms with van der Waals surface area (Å²) in [6.45, 7) is 2.12. The molecule has 0 bridgehead atoms. The quantitative estimate of drug-likeness (QED) is 0.637. The van der Waals surface area contributed by atoms with Crippen LogP contribution in [0.4, 0.5) is 5.69 Å². The number of hydrogen-bond acceptors (Lipinski definition) is 5. The van der Waals surface area contributed by atoms with Gasteiger partial charge in [-0.3, -0.25) is 14.9 Å². The van der Waals surface area contributed by atoms with Gasteiger partial charge in [0.05, 0.1) is 17.9 Å². The predicted octanol–water partition coefficient (Wildman–Crippen LogP) is 1.23. The Hall–Kier alpha value is -2.44. The van der Waals surface area contributed by atoms with E-state index in [9.17, 15) is 14.9 Å². The molecule has 0 aliphatic heterocycles. The first-order valence-electron chi connectivity index (χ1n) is 4.92. The third kappa shape index (κ3) is 1.82. The van der Waals surface area contributed by atoms with Crippen LogP contribution in [0.15, 0.2) is 23.3 Å². The first kappa shape index (κ1) is 11.1. The second-order valence-corrected chi connectivity index (χ2v) is 3.23. The zero-order chi connectivity index (χ0) is 12.4. The van der Waals surface area contributed by atoms with Crippen LogP contribution in [0, 0.1) is 10.1 Å². The van der Waals surface area contributed by atoms with Gasteiger partial charge in [-0.05, 0) is 13.0 Å². The van der Waals surface area contributed by atoms with Gasteiger partial charge in [0.2, 0.25) is 0 Å². The highest BCUT2D eigenvalue weighted by Gasteiger charge is 2.18. The number of fused-ring (bicyclic) bond motifs is 1. The van der Waals surface area contributed by atoms with E-state index in [4.69, 9.17) is 4.74 Å². The SMILES string of the molecule is CCOc1ccc([N+](=O)[O-])c2nc[nH]c(=O)c12. The molecular weight excluding hydrogens is 226 g/mol. The number of H-pyrrole nitrogens is 1. The number of rotatable bonds is 3. The van der Waals surface area contributed by atoms with Crippen LogP contribution in [0.1, 0.15) is 6.92 Å². The summed E-state index contributed by atoms with van der Waals surface area (Å²) in [5.41, 5.74) is -0.638. The summed E-state index contributed by atoms with van der Waals surface area (Å²) < 4.78 is 5.25. The van der Waals surface area contributed by atoms with Crippen LogP contribution in [0.3, 0.4) is 0 Å². The van der Waals surface area contributed by atoms with Crippen molar-refractivity contribution in [2.24, 2.45) is 0 Å². The highest BCUT2D eigenvalue weighted by Crippen LogP contribution is 2.28. The summed E-state index contributed by atoms with van der Waals surface area (Å²) in [5.74, 6) is 0.294. The Kier molecular flexibility index (Phi) is 2.73. The molecule has 88 valence electrons. The van der Waals surface area contributed by atoms with Crippen molar-refractivity contribution in [2.75, 3.05) is 6.61 Å². The van der Waals surface area contributed by atoms with Crippen molar-refractivity contribution in [3.63, 3.8) is 0 Å². The molecule has 0 radical (unpaired) electrons. The molecule has 0 saturated heterocycles. The van der Waals surface area contributed by atoms with Crippen LogP contribution in [-0.4, -0.2) is 21.5 Å². The van der Waals surface area contributed by atoms with Gasteiger partial charge >= 0.3 is 0 Å². The van der Waals surface area contributed by atoms with Crippen LogP contribution in [0.2, 0.25) is 0 Å². The fourth-order valence-corrected chi connectivity index (χ4v) is 1.56. The molecule has 7 heteroatoms. The Morgan fingerprint density at radius 2 is 2.29 bits per heavy atom. The molecule has 0 aliphatic rings. The Balaban J connectivity index is 2.86. The van der Waals surface area contributed by atoms with Gasteiger partial charge in [0.25, 0.3) is 11.2 Å². The van der Waals surface area contributed by atoms with Gasteiger partial charge in [-0.2, -0.15) is 0 Å². The lowest BCUT2D eigenvalue weighted by atomic mass is 10.2. The maximum Gasteiger partial charge on any atom is 0.295 e. The fraction of sp³-hybridized carbons (Fsp3) is 0.200. The number of nitrogens with one attached hydrogen (secondary N) is 1. The molecule has 0 amide bonds. The third-order valence-corrected chi connectivity index (χ3v) is 2.23. The van der Waals surface area contributed by atoms with Crippen molar-refractivity contribution in [1.29, 1.82) is 0 Å². The molecule has 1 N–H and O–H groups in total. The third-order valence-electron chi connectivity index (χ3n) is 2.23. The van der Waals surface area contributed by atoms with Gasteiger partial charge in [0, 0.05) is 6.07 Å². The van der Waals surface area contributed by atoms with E-state index in [0.717, 1.165) is 6.33 Å². The topological polar surface area (TPSA) is 98.1 Å². The summed E-state index contributed by atoms with van der Waals surface area (Å²) >= 11 is 0. The Morgan fingerprint density at radius 1 is 1.53 bits per heavy atom. The van der Waals surface area contributed by atoms with Crippen molar-refractivity contribution in [2.45, 2.75) is 6.92 Å². The number of aromatic amines is 1. The van der Waals surface area contributed by atoms with Gasteiger partial charge in [-0.15, -0.1) is 0 Å². The fourth-order valence-electron chi connectivity index (χ4n) is 1.56. The largest absolute Gasteiger partial charge is 0.493 e. The molecule has 0 fully saturated rings. The minimum Gasteiger partial charge on any atom is -0.493 e. The minimum atomic E-state index is -0.579. The van der Waals surface area contributed by atoms with Gasteiger partial charge in [-0.1, -0.05) is 0 Å². The molecule has 1 heterocycles. The van der Waals surface area contributed by atoms with E-state index in [1.165, 1.54) is 12.1 Å². The minimum absolute atomic E-state index is 0.0321. The highest BCUT2D eigenvalue weighted by atomic mass is 16.6. The molecule has 0 atom stereocenters. The number of benzene rings is 1. The highest BCUT2D eigenvalue weighted by molar-refractivity contribution is 5.91. The molecular formula is C10H9N3O4. The molecule has 0 unspecified atom stereocenters.